The number of nitrogens with zero attached hydrogens (tertiary/aromatic N) is 6. The Morgan fingerprint density at radius 1 is 0.160 bits per heavy atom. The SMILES string of the molecule is CC1(C)c2ccccc2-c2ccc(-c3ccc4ccc5ccc6ccccc6c5c4c3)cc21.c1ccc(-c2nc3ccccc3n2-c2ccc(-c3ccc4ccc5ccc6ccccc6c5c4c3)cc2)cc1.c1ccc(-n2c(-c3ccc(-c4ccc5ccc6ccc7ccccc7c6c5c4)cc3)nc3ccccc32)cc1.c1ccc(-n2c(-c3ccc4ccc5ccc6ccccc6c5c4c3)nc3ccccc32)cc1. The summed E-state index contributed by atoms with van der Waals surface area (Å²) < 4.78 is 6.77. The van der Waals surface area contributed by atoms with Crippen molar-refractivity contribution < 1.29 is 0 Å². The van der Waals surface area contributed by atoms with Gasteiger partial charge < -0.3 is 0 Å². The molecular weight excluding hydrogens is 1740 g/mol. The van der Waals surface area contributed by atoms with Crippen LogP contribution in [0.5, 0.6) is 0 Å². The molecule has 30 rings (SSSR count). The van der Waals surface area contributed by atoms with E-state index in [4.69, 9.17) is 15.0 Å². The molecule has 29 aromatic rings. The Balaban J connectivity index is 0.0000000959. The minimum atomic E-state index is 0.0156. The third kappa shape index (κ3) is 14.7. The van der Waals surface area contributed by atoms with Crippen LogP contribution in [0.2, 0.25) is 0 Å². The fourth-order valence-corrected chi connectivity index (χ4v) is 22.7. The Morgan fingerprint density at radius 3 is 0.799 bits per heavy atom. The Morgan fingerprint density at radius 2 is 0.403 bits per heavy atom. The average molecular weight is 1830 g/mol. The smallest absolute Gasteiger partial charge is 0.145 e. The van der Waals surface area contributed by atoms with Gasteiger partial charge in [-0.25, -0.2) is 15.0 Å². The van der Waals surface area contributed by atoms with Gasteiger partial charge in [0.15, 0.2) is 0 Å². The molecule has 0 radical (unpaired) electrons. The van der Waals surface area contributed by atoms with Gasteiger partial charge in [0, 0.05) is 39.2 Å². The van der Waals surface area contributed by atoms with Gasteiger partial charge in [0.05, 0.1) is 33.1 Å². The molecule has 0 amide bonds. The maximum atomic E-state index is 5.07. The maximum Gasteiger partial charge on any atom is 0.145 e. The molecule has 0 aliphatic heterocycles. The first-order valence-corrected chi connectivity index (χ1v) is 49.6. The van der Waals surface area contributed by atoms with Crippen LogP contribution in [0.25, 0.3) is 258 Å². The first-order chi connectivity index (χ1) is 71.1. The molecule has 1 aliphatic rings. The zero-order valence-corrected chi connectivity index (χ0v) is 79.3. The Bertz CT molecular complexity index is 10100. The van der Waals surface area contributed by atoms with Gasteiger partial charge in [0.25, 0.3) is 0 Å². The number of benzene rings is 26. The number of fused-ring (bicyclic) bond motifs is 26. The van der Waals surface area contributed by atoms with Crippen LogP contribution in [-0.2, 0) is 5.41 Å². The van der Waals surface area contributed by atoms with Gasteiger partial charge in [-0.05, 0) is 288 Å². The standard InChI is InChI=1S/2C37H24N2.C33H24.C31H20N2/c1-2-9-31(10-3-1)39-35-13-7-6-12-34(35)38-37(39)29-21-14-25(15-22-29)30-23-18-27-17-20-28-19-16-26-8-4-5-11-32(26)36(28)33(27)24-30;1-2-9-29(10-3-1)37-38-34-12-6-7-13-35(34)39(37)31-22-20-25(21-23-31)30-19-16-27-15-18-28-17-14-26-8-4-5-11-32(26)36(28)33(27)24-30;1-33(2)30-10-6-5-9-27(30)28-18-17-25(20-31(28)33)24-16-13-22-12-15-23-14-11-21-7-3-4-8-26(21)32(23)29(22)19-24;1-2-9-25(10-3-1)33-29-13-7-6-12-28(29)32-31(33)24-19-16-22-15-18-23-17-14-21-8-4-5-11-26(21)30(23)27(22)20-24/h2*1-24H;3-20H,1-2H3;1-20H. The highest BCUT2D eigenvalue weighted by Gasteiger charge is 2.36. The topological polar surface area (TPSA) is 53.5 Å². The third-order valence-corrected chi connectivity index (χ3v) is 29.8. The molecule has 26 aromatic carbocycles. The summed E-state index contributed by atoms with van der Waals surface area (Å²) in [6, 6.07) is 188. The van der Waals surface area contributed by atoms with E-state index < -0.39 is 0 Å². The van der Waals surface area contributed by atoms with Crippen molar-refractivity contribution in [2.24, 2.45) is 0 Å². The highest BCUT2D eigenvalue weighted by molar-refractivity contribution is 6.25. The summed E-state index contributed by atoms with van der Waals surface area (Å²) >= 11 is 0. The molecule has 0 spiro atoms. The second kappa shape index (κ2) is 35.0. The van der Waals surface area contributed by atoms with Crippen LogP contribution >= 0.6 is 0 Å². The van der Waals surface area contributed by atoms with Crippen LogP contribution in [0.4, 0.5) is 0 Å². The predicted molar refractivity (Wildman–Crippen MR) is 610 cm³/mol. The fourth-order valence-electron chi connectivity index (χ4n) is 22.7. The van der Waals surface area contributed by atoms with E-state index >= 15 is 0 Å². The third-order valence-electron chi connectivity index (χ3n) is 29.8. The van der Waals surface area contributed by atoms with Crippen molar-refractivity contribution in [2.45, 2.75) is 19.3 Å². The molecule has 0 N–H and O–H groups in total. The normalized spacial score (nSPS) is 12.2. The molecule has 0 unspecified atom stereocenters. The minimum absolute atomic E-state index is 0.0156. The molecule has 1 aliphatic carbocycles. The van der Waals surface area contributed by atoms with E-state index in [2.05, 4.69) is 525 Å². The predicted octanol–water partition coefficient (Wildman–Crippen LogP) is 36.9. The van der Waals surface area contributed by atoms with Crippen molar-refractivity contribution in [3.8, 4) is 95.7 Å². The molecular formula is C138H92N6. The van der Waals surface area contributed by atoms with E-state index in [-0.39, 0.29) is 5.41 Å². The van der Waals surface area contributed by atoms with Crippen molar-refractivity contribution >= 4 is 162 Å². The number of hydrogen-bond acceptors (Lipinski definition) is 3. The van der Waals surface area contributed by atoms with Crippen LogP contribution in [0.3, 0.4) is 0 Å². The summed E-state index contributed by atoms with van der Waals surface area (Å²) in [6.45, 7) is 4.70. The molecule has 3 aromatic heterocycles. The molecule has 0 fully saturated rings. The van der Waals surface area contributed by atoms with Crippen LogP contribution in [-0.4, -0.2) is 28.7 Å². The highest BCUT2D eigenvalue weighted by atomic mass is 15.1. The lowest BCUT2D eigenvalue weighted by atomic mass is 9.81. The lowest BCUT2D eigenvalue weighted by molar-refractivity contribution is 0.660. The summed E-state index contributed by atoms with van der Waals surface area (Å²) in [5, 5.41) is 30.9. The Hall–Kier alpha value is -18.8. The number of rotatable bonds is 9. The van der Waals surface area contributed by atoms with Crippen LogP contribution < -0.4 is 0 Å². The summed E-state index contributed by atoms with van der Waals surface area (Å²) in [7, 11) is 0. The molecule has 0 bridgehead atoms. The molecule has 144 heavy (non-hydrogen) atoms. The summed E-state index contributed by atoms with van der Waals surface area (Å²) in [4.78, 5) is 15.1. The van der Waals surface area contributed by atoms with E-state index in [1.807, 2.05) is 24.3 Å². The molecule has 674 valence electrons. The molecule has 0 atom stereocenters. The number of hydrogen-bond donors (Lipinski definition) is 0. The van der Waals surface area contributed by atoms with E-state index in [0.29, 0.717) is 0 Å². The molecule has 6 heteroatoms. The van der Waals surface area contributed by atoms with Gasteiger partial charge in [0.2, 0.25) is 0 Å². The molecule has 6 nitrogen and oxygen atoms in total. The largest absolute Gasteiger partial charge is 0.292 e. The number of imidazole rings is 3. The highest BCUT2D eigenvalue weighted by Crippen LogP contribution is 2.51. The second-order valence-electron chi connectivity index (χ2n) is 38.4. The summed E-state index contributed by atoms with van der Waals surface area (Å²) in [5.41, 5.74) is 25.9. The van der Waals surface area contributed by atoms with Gasteiger partial charge in [-0.3, -0.25) is 13.7 Å². The molecule has 3 heterocycles. The van der Waals surface area contributed by atoms with Crippen LogP contribution in [0.15, 0.2) is 522 Å². The lowest BCUT2D eigenvalue weighted by Crippen LogP contribution is -2.14. The molecule has 0 saturated carbocycles. The average Bonchev–Trinajstić information content (AvgIpc) is 1.54. The Kier molecular flexibility index (Phi) is 20.5. The minimum Gasteiger partial charge on any atom is -0.292 e. The summed E-state index contributed by atoms with van der Waals surface area (Å²) in [5.74, 6) is 2.86. The zero-order valence-electron chi connectivity index (χ0n) is 79.3. The monoisotopic (exact) mass is 1830 g/mol. The summed E-state index contributed by atoms with van der Waals surface area (Å²) in [6.07, 6.45) is 0. The Labute approximate surface area is 832 Å². The fraction of sp³-hybridized carbons (Fsp3) is 0.0217. The quantitative estimate of drug-likeness (QED) is 0.135. The van der Waals surface area contributed by atoms with E-state index in [9.17, 15) is 0 Å². The van der Waals surface area contributed by atoms with E-state index in [1.165, 1.54) is 185 Å². The number of para-hydroxylation sites is 8. The first-order valence-electron chi connectivity index (χ1n) is 49.6. The first kappa shape index (κ1) is 84.5. The van der Waals surface area contributed by atoms with Gasteiger partial charge in [-0.15, -0.1) is 0 Å². The van der Waals surface area contributed by atoms with Crippen molar-refractivity contribution in [1.29, 1.82) is 0 Å². The van der Waals surface area contributed by atoms with Crippen LogP contribution in [0, 0.1) is 0 Å². The van der Waals surface area contributed by atoms with Gasteiger partial charge in [0.1, 0.15) is 17.5 Å². The van der Waals surface area contributed by atoms with Gasteiger partial charge >= 0.3 is 0 Å². The van der Waals surface area contributed by atoms with Crippen molar-refractivity contribution in [1.82, 2.24) is 28.7 Å². The van der Waals surface area contributed by atoms with Crippen molar-refractivity contribution in [3.05, 3.63) is 533 Å². The van der Waals surface area contributed by atoms with Gasteiger partial charge in [-0.1, -0.05) is 432 Å². The maximum absolute atomic E-state index is 5.07. The van der Waals surface area contributed by atoms with Crippen LogP contribution in [0.1, 0.15) is 25.0 Å². The molecule has 0 saturated heterocycles. The van der Waals surface area contributed by atoms with Crippen molar-refractivity contribution in [3.63, 3.8) is 0 Å². The lowest BCUT2D eigenvalue weighted by Gasteiger charge is -2.22. The van der Waals surface area contributed by atoms with Gasteiger partial charge in [-0.2, -0.15) is 0 Å². The van der Waals surface area contributed by atoms with Crippen molar-refractivity contribution in [2.75, 3.05) is 0 Å². The zero-order chi connectivity index (χ0) is 95.5. The van der Waals surface area contributed by atoms with E-state index in [1.54, 1.807) is 0 Å². The van der Waals surface area contributed by atoms with E-state index in [0.717, 1.165) is 84.3 Å². The second-order valence-corrected chi connectivity index (χ2v) is 38.4. The number of aromatic nitrogens is 6.